The molecular weight excluding hydrogens is 495 g/mol. The number of ether oxygens (including phenoxy) is 1. The second-order valence-corrected chi connectivity index (χ2v) is 9.86. The number of aliphatic imine (C=N–C) groups is 1. The average molecular weight is 521 g/mol. The minimum atomic E-state index is -0.493. The fraction of sp³-hybridized carbons (Fsp3) is 0.391. The number of thiophene rings is 1. The van der Waals surface area contributed by atoms with Gasteiger partial charge in [-0.2, -0.15) is 0 Å². The van der Waals surface area contributed by atoms with Gasteiger partial charge in [0.1, 0.15) is 16.9 Å². The molecule has 4 rings (SSSR count). The van der Waals surface area contributed by atoms with Crippen LogP contribution in [0.15, 0.2) is 29.3 Å². The zero-order valence-electron chi connectivity index (χ0n) is 19.2. The Hall–Kier alpha value is -2.30. The lowest BCUT2D eigenvalue weighted by Gasteiger charge is -2.13. The molecule has 1 atom stereocenters. The second-order valence-electron chi connectivity index (χ2n) is 7.95. The molecule has 0 aliphatic carbocycles. The van der Waals surface area contributed by atoms with Gasteiger partial charge in [-0.25, -0.2) is 4.84 Å². The van der Waals surface area contributed by atoms with Gasteiger partial charge in [-0.05, 0) is 50.2 Å². The molecule has 11 heteroatoms. The van der Waals surface area contributed by atoms with Gasteiger partial charge in [0, 0.05) is 34.1 Å². The topological polar surface area (TPSA) is 93.4 Å². The third-order valence-corrected chi connectivity index (χ3v) is 7.28. The summed E-state index contributed by atoms with van der Waals surface area (Å²) < 4.78 is 7.44. The van der Waals surface area contributed by atoms with Crippen LogP contribution in [-0.2, 0) is 9.53 Å². The molecule has 1 amide bonds. The van der Waals surface area contributed by atoms with E-state index in [-0.39, 0.29) is 12.3 Å². The molecule has 0 unspecified atom stereocenters. The van der Waals surface area contributed by atoms with Gasteiger partial charge >= 0.3 is 0 Å². The van der Waals surface area contributed by atoms with Crippen LogP contribution in [-0.4, -0.2) is 52.7 Å². The van der Waals surface area contributed by atoms with Crippen molar-refractivity contribution in [3.63, 3.8) is 0 Å². The summed E-state index contributed by atoms with van der Waals surface area (Å²) in [6.07, 6.45) is 0.144. The van der Waals surface area contributed by atoms with Crippen molar-refractivity contribution in [2.24, 2.45) is 4.99 Å². The number of hydrogen-bond donors (Lipinski definition) is 2. The van der Waals surface area contributed by atoms with Gasteiger partial charge in [0.15, 0.2) is 5.82 Å². The third kappa shape index (κ3) is 5.18. The molecule has 1 aliphatic heterocycles. The van der Waals surface area contributed by atoms with Crippen molar-refractivity contribution in [2.45, 2.75) is 33.2 Å². The molecule has 8 nitrogen and oxygen atoms in total. The molecule has 0 saturated carbocycles. The summed E-state index contributed by atoms with van der Waals surface area (Å²) in [7, 11) is 0. The molecule has 0 spiro atoms. The van der Waals surface area contributed by atoms with Gasteiger partial charge in [-0.15, -0.1) is 21.5 Å². The number of hydrogen-bond acceptors (Lipinski definition) is 7. The SMILES string of the molecule is Cc1sc2c(c1C)C(c1ccc(Cl)cc1)=N[C@@H](CC(=O)NCCOCCNCl)c1nnc(C)n1-2. The van der Waals surface area contributed by atoms with Gasteiger partial charge < -0.3 is 10.1 Å². The van der Waals surface area contributed by atoms with E-state index >= 15 is 0 Å². The van der Waals surface area contributed by atoms with Crippen LogP contribution in [0, 0.1) is 20.8 Å². The van der Waals surface area contributed by atoms with Crippen molar-refractivity contribution < 1.29 is 9.53 Å². The number of benzene rings is 1. The summed E-state index contributed by atoms with van der Waals surface area (Å²) in [6, 6.07) is 7.13. The van der Waals surface area contributed by atoms with Gasteiger partial charge in [-0.3, -0.25) is 14.4 Å². The second kappa shape index (κ2) is 11.0. The third-order valence-electron chi connectivity index (χ3n) is 5.65. The van der Waals surface area contributed by atoms with Crippen LogP contribution in [0.1, 0.15) is 45.7 Å². The van der Waals surface area contributed by atoms with E-state index in [1.165, 1.54) is 4.88 Å². The van der Waals surface area contributed by atoms with Crippen LogP contribution in [0.2, 0.25) is 5.02 Å². The van der Waals surface area contributed by atoms with Crippen molar-refractivity contribution in [3.8, 4) is 5.00 Å². The van der Waals surface area contributed by atoms with E-state index in [0.717, 1.165) is 33.2 Å². The highest BCUT2D eigenvalue weighted by molar-refractivity contribution is 7.15. The fourth-order valence-electron chi connectivity index (χ4n) is 3.86. The average Bonchev–Trinajstić information content (AvgIpc) is 3.29. The van der Waals surface area contributed by atoms with Gasteiger partial charge in [0.25, 0.3) is 0 Å². The van der Waals surface area contributed by atoms with E-state index in [0.29, 0.717) is 37.2 Å². The molecule has 1 aromatic carbocycles. The van der Waals surface area contributed by atoms with Crippen LogP contribution in [0.5, 0.6) is 0 Å². The fourth-order valence-corrected chi connectivity index (χ4v) is 5.27. The molecule has 3 aromatic rings. The van der Waals surface area contributed by atoms with E-state index in [4.69, 9.17) is 33.1 Å². The molecule has 2 N–H and O–H groups in total. The smallest absolute Gasteiger partial charge is 0.222 e. The molecule has 0 bridgehead atoms. The van der Waals surface area contributed by atoms with Crippen molar-refractivity contribution in [1.82, 2.24) is 24.9 Å². The minimum absolute atomic E-state index is 0.131. The first-order valence-electron chi connectivity index (χ1n) is 10.9. The number of aryl methyl sites for hydroxylation is 2. The number of amides is 1. The van der Waals surface area contributed by atoms with E-state index in [2.05, 4.69) is 34.2 Å². The molecule has 34 heavy (non-hydrogen) atoms. The van der Waals surface area contributed by atoms with Gasteiger partial charge in [-0.1, -0.05) is 23.7 Å². The van der Waals surface area contributed by atoms with Gasteiger partial charge in [0.2, 0.25) is 5.91 Å². The van der Waals surface area contributed by atoms with Gasteiger partial charge in [0.05, 0.1) is 25.3 Å². The van der Waals surface area contributed by atoms with Crippen LogP contribution < -0.4 is 10.2 Å². The molecular formula is C23H26Cl2N6O2S. The maximum Gasteiger partial charge on any atom is 0.222 e. The first-order valence-corrected chi connectivity index (χ1v) is 12.5. The number of nitrogens with zero attached hydrogens (tertiary/aromatic N) is 4. The number of aromatic nitrogens is 3. The number of halogens is 2. The van der Waals surface area contributed by atoms with Crippen molar-refractivity contribution >= 4 is 46.3 Å². The lowest BCUT2D eigenvalue weighted by Crippen LogP contribution is -2.29. The highest BCUT2D eigenvalue weighted by Gasteiger charge is 2.32. The Labute approximate surface area is 212 Å². The van der Waals surface area contributed by atoms with Crippen molar-refractivity contribution in [1.29, 1.82) is 0 Å². The number of carbonyl (C=O) groups is 1. The van der Waals surface area contributed by atoms with Crippen LogP contribution >= 0.6 is 34.7 Å². The van der Waals surface area contributed by atoms with Crippen molar-refractivity contribution in [2.75, 3.05) is 26.3 Å². The standard InChI is InChI=1S/C23H26Cl2N6O2S/c1-13-14(2)34-23-20(13)21(16-4-6-17(24)7-5-16)28-18(22-30-29-15(3)31(22)23)12-19(32)26-8-10-33-11-9-27-25/h4-7,18,27H,8-12H2,1-3H3,(H,26,32)/t18-/m0/s1. The Balaban J connectivity index is 1.67. The van der Waals surface area contributed by atoms with Crippen molar-refractivity contribution in [3.05, 3.63) is 62.5 Å². The molecule has 0 saturated heterocycles. The summed E-state index contributed by atoms with van der Waals surface area (Å²) in [5.41, 5.74) is 3.96. The maximum absolute atomic E-state index is 12.8. The number of nitrogens with one attached hydrogen (secondary N) is 2. The van der Waals surface area contributed by atoms with E-state index in [9.17, 15) is 4.79 Å². The predicted octanol–water partition coefficient (Wildman–Crippen LogP) is 4.07. The van der Waals surface area contributed by atoms with Crippen LogP contribution in [0.25, 0.3) is 5.00 Å². The largest absolute Gasteiger partial charge is 0.378 e. The zero-order chi connectivity index (χ0) is 24.2. The first-order chi connectivity index (χ1) is 16.4. The Morgan fingerprint density at radius 2 is 1.88 bits per heavy atom. The van der Waals surface area contributed by atoms with E-state index in [1.807, 2.05) is 35.8 Å². The molecule has 180 valence electrons. The molecule has 2 aromatic heterocycles. The highest BCUT2D eigenvalue weighted by atomic mass is 35.5. The Morgan fingerprint density at radius 1 is 1.15 bits per heavy atom. The monoisotopic (exact) mass is 520 g/mol. The lowest BCUT2D eigenvalue weighted by molar-refractivity contribution is -0.121. The van der Waals surface area contributed by atoms with Crippen LogP contribution in [0.3, 0.4) is 0 Å². The Bertz CT molecular complexity index is 1210. The normalized spacial score (nSPS) is 14.9. The summed E-state index contributed by atoms with van der Waals surface area (Å²) in [5.74, 6) is 1.29. The number of rotatable bonds is 9. The zero-order valence-corrected chi connectivity index (χ0v) is 21.5. The Morgan fingerprint density at radius 3 is 2.62 bits per heavy atom. The lowest BCUT2D eigenvalue weighted by atomic mass is 9.99. The first kappa shape index (κ1) is 24.8. The Kier molecular flexibility index (Phi) is 8.00. The highest BCUT2D eigenvalue weighted by Crippen LogP contribution is 2.39. The summed E-state index contributed by atoms with van der Waals surface area (Å²) in [5, 5.41) is 13.3. The summed E-state index contributed by atoms with van der Waals surface area (Å²) >= 11 is 13.2. The van der Waals surface area contributed by atoms with Crippen LogP contribution in [0.4, 0.5) is 0 Å². The van der Waals surface area contributed by atoms with E-state index < -0.39 is 6.04 Å². The quantitative estimate of drug-likeness (QED) is 0.327. The number of carbonyl (C=O) groups excluding carboxylic acids is 1. The number of fused-ring (bicyclic) bond motifs is 3. The summed E-state index contributed by atoms with van der Waals surface area (Å²) in [6.45, 7) is 7.93. The molecule has 3 heterocycles. The molecule has 1 aliphatic rings. The molecule has 0 fully saturated rings. The van der Waals surface area contributed by atoms with E-state index in [1.54, 1.807) is 11.3 Å². The predicted molar refractivity (Wildman–Crippen MR) is 136 cm³/mol. The summed E-state index contributed by atoms with van der Waals surface area (Å²) in [4.78, 5) is 21.6. The maximum atomic E-state index is 12.8. The molecule has 0 radical (unpaired) electrons. The minimum Gasteiger partial charge on any atom is -0.378 e.